The zero-order valence-electron chi connectivity index (χ0n) is 14.7. The van der Waals surface area contributed by atoms with Gasteiger partial charge in [-0.25, -0.2) is 14.0 Å². The molecule has 3 saturated carbocycles. The average molecular weight is 369 g/mol. The van der Waals surface area contributed by atoms with E-state index >= 15 is 0 Å². The van der Waals surface area contributed by atoms with Gasteiger partial charge in [-0.15, -0.1) is 0 Å². The van der Waals surface area contributed by atoms with Gasteiger partial charge in [0.15, 0.2) is 0 Å². The highest BCUT2D eigenvalue weighted by molar-refractivity contribution is 5.82. The first kappa shape index (κ1) is 17.5. The number of hydrogen-bond donors (Lipinski definition) is 2. The molecule has 1 amide bonds. The minimum absolute atomic E-state index is 0.0863. The maximum atomic E-state index is 13.1. The highest BCUT2D eigenvalue weighted by atomic mass is 19.1. The minimum Gasteiger partial charge on any atom is -0.480 e. The van der Waals surface area contributed by atoms with E-state index in [2.05, 4.69) is 5.32 Å². The second-order valence-electron chi connectivity index (χ2n) is 7.66. The van der Waals surface area contributed by atoms with Gasteiger partial charge in [-0.2, -0.15) is 0 Å². The van der Waals surface area contributed by atoms with Gasteiger partial charge in [0.25, 0.3) is 0 Å². The van der Waals surface area contributed by atoms with Crippen molar-refractivity contribution < 1.29 is 23.8 Å². The standard InChI is InChI=1S/C21H20FNO4/c22-16-8-6-15(7-9-16)20-11-21(12-20,13-20)17(18(24)25)23-19(26)27-10-14-4-2-1-3-5-14/h1-9,17H,10-13H2,(H,23,26)(H,24,25). The molecule has 2 bridgehead atoms. The first-order valence-electron chi connectivity index (χ1n) is 8.89. The molecule has 3 aliphatic carbocycles. The van der Waals surface area contributed by atoms with Gasteiger partial charge in [-0.05, 0) is 47.9 Å². The molecule has 27 heavy (non-hydrogen) atoms. The Labute approximate surface area is 156 Å². The van der Waals surface area contributed by atoms with Crippen molar-refractivity contribution in [1.82, 2.24) is 5.32 Å². The van der Waals surface area contributed by atoms with Crippen LogP contribution < -0.4 is 5.32 Å². The predicted octanol–water partition coefficient (Wildman–Crippen LogP) is 3.63. The number of hydrogen-bond acceptors (Lipinski definition) is 3. The number of benzene rings is 2. The Morgan fingerprint density at radius 1 is 1.07 bits per heavy atom. The molecule has 5 nitrogen and oxygen atoms in total. The Kier molecular flexibility index (Phi) is 4.13. The van der Waals surface area contributed by atoms with E-state index in [9.17, 15) is 19.1 Å². The Hall–Kier alpha value is -2.89. The lowest BCUT2D eigenvalue weighted by Gasteiger charge is -2.72. The topological polar surface area (TPSA) is 75.6 Å². The molecule has 1 unspecified atom stereocenters. The smallest absolute Gasteiger partial charge is 0.408 e. The highest BCUT2D eigenvalue weighted by Gasteiger charge is 2.72. The van der Waals surface area contributed by atoms with Gasteiger partial charge in [-0.1, -0.05) is 42.5 Å². The van der Waals surface area contributed by atoms with Crippen molar-refractivity contribution in [2.45, 2.75) is 37.3 Å². The van der Waals surface area contributed by atoms with Crippen LogP contribution in [0.5, 0.6) is 0 Å². The molecule has 1 atom stereocenters. The van der Waals surface area contributed by atoms with Crippen molar-refractivity contribution in [3.8, 4) is 0 Å². The number of rotatable bonds is 6. The van der Waals surface area contributed by atoms with Crippen LogP contribution in [0.1, 0.15) is 30.4 Å². The first-order valence-corrected chi connectivity index (χ1v) is 8.89. The lowest BCUT2D eigenvalue weighted by Crippen LogP contribution is -2.73. The number of amides is 1. The van der Waals surface area contributed by atoms with Crippen LogP contribution in [0.25, 0.3) is 0 Å². The van der Waals surface area contributed by atoms with Gasteiger partial charge < -0.3 is 15.2 Å². The lowest BCUT2D eigenvalue weighted by atomic mass is 9.31. The largest absolute Gasteiger partial charge is 0.480 e. The van der Waals surface area contributed by atoms with Crippen molar-refractivity contribution in [1.29, 1.82) is 0 Å². The zero-order chi connectivity index (χ0) is 19.1. The fraction of sp³-hybridized carbons (Fsp3) is 0.333. The van der Waals surface area contributed by atoms with Crippen LogP contribution in [-0.4, -0.2) is 23.2 Å². The molecule has 3 aliphatic rings. The Morgan fingerprint density at radius 3 is 2.30 bits per heavy atom. The fourth-order valence-electron chi connectivity index (χ4n) is 4.64. The van der Waals surface area contributed by atoms with Crippen LogP contribution in [-0.2, 0) is 21.6 Å². The minimum atomic E-state index is -1.06. The fourth-order valence-corrected chi connectivity index (χ4v) is 4.64. The summed E-state index contributed by atoms with van der Waals surface area (Å²) in [5.41, 5.74) is 1.32. The van der Waals surface area contributed by atoms with Crippen molar-refractivity contribution in [3.05, 3.63) is 71.5 Å². The summed E-state index contributed by atoms with van der Waals surface area (Å²) in [6.07, 6.45) is 1.27. The Bertz CT molecular complexity index is 846. The van der Waals surface area contributed by atoms with Crippen molar-refractivity contribution in [2.75, 3.05) is 0 Å². The van der Waals surface area contributed by atoms with Gasteiger partial charge in [0, 0.05) is 5.41 Å². The molecule has 3 fully saturated rings. The first-order chi connectivity index (χ1) is 12.9. The molecule has 5 rings (SSSR count). The number of carbonyl (C=O) groups excluding carboxylic acids is 1. The summed E-state index contributed by atoms with van der Waals surface area (Å²) in [5.74, 6) is -1.34. The number of carboxylic acids is 1. The molecule has 140 valence electrons. The maximum Gasteiger partial charge on any atom is 0.408 e. The van der Waals surface area contributed by atoms with Crippen LogP contribution >= 0.6 is 0 Å². The van der Waals surface area contributed by atoms with E-state index in [-0.39, 0.29) is 17.8 Å². The predicted molar refractivity (Wildman–Crippen MR) is 95.5 cm³/mol. The third-order valence-electron chi connectivity index (χ3n) is 5.86. The number of nitrogens with one attached hydrogen (secondary N) is 1. The summed E-state index contributed by atoms with van der Waals surface area (Å²) in [5, 5.41) is 12.1. The lowest BCUT2D eigenvalue weighted by molar-refractivity contribution is -0.183. The molecule has 0 saturated heterocycles. The molecule has 0 aliphatic heterocycles. The van der Waals surface area contributed by atoms with Crippen molar-refractivity contribution >= 4 is 12.1 Å². The third kappa shape index (κ3) is 3.05. The van der Waals surface area contributed by atoms with Gasteiger partial charge in [0.05, 0.1) is 0 Å². The second-order valence-corrected chi connectivity index (χ2v) is 7.66. The summed E-state index contributed by atoms with van der Waals surface area (Å²) in [6.45, 7) is 0.0888. The van der Waals surface area contributed by atoms with E-state index in [0.717, 1.165) is 11.1 Å². The van der Waals surface area contributed by atoms with Crippen molar-refractivity contribution in [2.24, 2.45) is 5.41 Å². The van der Waals surface area contributed by atoms with E-state index in [1.807, 2.05) is 30.3 Å². The summed E-state index contributed by atoms with van der Waals surface area (Å²) in [4.78, 5) is 23.8. The van der Waals surface area contributed by atoms with Crippen LogP contribution in [0.3, 0.4) is 0 Å². The quantitative estimate of drug-likeness (QED) is 0.815. The number of halogens is 1. The van der Waals surface area contributed by atoms with E-state index < -0.39 is 23.5 Å². The molecular formula is C21H20FNO4. The number of ether oxygens (including phenoxy) is 1. The number of carboxylic acid groups (broad SMARTS) is 1. The molecule has 0 heterocycles. The molecule has 2 aromatic rings. The highest BCUT2D eigenvalue weighted by Crippen LogP contribution is 2.74. The van der Waals surface area contributed by atoms with Crippen LogP contribution in [0.15, 0.2) is 54.6 Å². The van der Waals surface area contributed by atoms with Crippen LogP contribution in [0.4, 0.5) is 9.18 Å². The molecular weight excluding hydrogens is 349 g/mol. The van der Waals surface area contributed by atoms with Gasteiger partial charge in [-0.3, -0.25) is 0 Å². The second kappa shape index (κ2) is 6.37. The van der Waals surface area contributed by atoms with Gasteiger partial charge in [0.1, 0.15) is 18.5 Å². The zero-order valence-corrected chi connectivity index (χ0v) is 14.7. The SMILES string of the molecule is O=C(NC(C(=O)O)C12CC(c3ccc(F)cc3)(C1)C2)OCc1ccccc1. The molecule has 0 aromatic heterocycles. The summed E-state index contributed by atoms with van der Waals surface area (Å²) in [6, 6.07) is 14.6. The third-order valence-corrected chi connectivity index (χ3v) is 5.86. The molecule has 0 spiro atoms. The summed E-state index contributed by atoms with van der Waals surface area (Å²) in [7, 11) is 0. The molecule has 6 heteroatoms. The van der Waals surface area contributed by atoms with Gasteiger partial charge in [0.2, 0.25) is 0 Å². The average Bonchev–Trinajstić information content (AvgIpc) is 2.59. The van der Waals surface area contributed by atoms with E-state index in [1.165, 1.54) is 12.1 Å². The van der Waals surface area contributed by atoms with E-state index in [0.29, 0.717) is 19.3 Å². The maximum absolute atomic E-state index is 13.1. The van der Waals surface area contributed by atoms with Crippen molar-refractivity contribution in [3.63, 3.8) is 0 Å². The monoisotopic (exact) mass is 369 g/mol. The van der Waals surface area contributed by atoms with E-state index in [1.54, 1.807) is 12.1 Å². The number of alkyl carbamates (subject to hydrolysis) is 1. The van der Waals surface area contributed by atoms with Gasteiger partial charge >= 0.3 is 12.1 Å². The van der Waals surface area contributed by atoms with Crippen LogP contribution in [0.2, 0.25) is 0 Å². The molecule has 2 aromatic carbocycles. The summed E-state index contributed by atoms with van der Waals surface area (Å²) >= 11 is 0. The summed E-state index contributed by atoms with van der Waals surface area (Å²) < 4.78 is 18.3. The number of carbonyl (C=O) groups is 2. The Balaban J connectivity index is 1.36. The van der Waals surface area contributed by atoms with E-state index in [4.69, 9.17) is 4.74 Å². The molecule has 2 N–H and O–H groups in total. The Morgan fingerprint density at radius 2 is 1.70 bits per heavy atom. The normalized spacial score (nSPS) is 26.3. The number of aliphatic carboxylic acids is 1. The van der Waals surface area contributed by atoms with Crippen LogP contribution in [0, 0.1) is 11.2 Å². The molecule has 0 radical (unpaired) electrons.